The number of hydrogen-bond donors (Lipinski definition) is 1. The fraction of sp³-hybridized carbons (Fsp3) is 0.310. The van der Waals surface area contributed by atoms with E-state index in [4.69, 9.17) is 23.2 Å². The SMILES string of the molecule is CC[C@@H](C(=O)NC(C)(C)C)N(Cc1ccc(Cl)c(Cl)c1)C(=O)CN(c1ccccc1)S(=O)(=O)c1ccccc1. The van der Waals surface area contributed by atoms with Gasteiger partial charge in [-0.3, -0.25) is 13.9 Å². The van der Waals surface area contributed by atoms with Gasteiger partial charge < -0.3 is 10.2 Å². The standard InChI is InChI=1S/C29H33Cl2N3O4S/c1-5-26(28(36)32-29(2,3)4)33(19-21-16-17-24(30)25(31)18-21)27(35)20-34(22-12-8-6-9-13-22)39(37,38)23-14-10-7-11-15-23/h6-18,26H,5,19-20H2,1-4H3,(H,32,36)/t26-/m0/s1. The van der Waals surface area contributed by atoms with Crippen LogP contribution in [0.1, 0.15) is 39.7 Å². The van der Waals surface area contributed by atoms with Crippen LogP contribution in [-0.2, 0) is 26.2 Å². The van der Waals surface area contributed by atoms with E-state index < -0.39 is 34.1 Å². The van der Waals surface area contributed by atoms with Crippen molar-refractivity contribution in [3.8, 4) is 0 Å². The third kappa shape index (κ3) is 7.97. The Morgan fingerprint density at radius 1 is 0.897 bits per heavy atom. The van der Waals surface area contributed by atoms with Crippen molar-refractivity contribution in [1.82, 2.24) is 10.2 Å². The van der Waals surface area contributed by atoms with Crippen LogP contribution in [-0.4, -0.2) is 43.3 Å². The Labute approximate surface area is 240 Å². The van der Waals surface area contributed by atoms with Gasteiger partial charge >= 0.3 is 0 Å². The van der Waals surface area contributed by atoms with E-state index in [1.165, 1.54) is 17.0 Å². The fourth-order valence-corrected chi connectivity index (χ4v) is 5.81. The maximum Gasteiger partial charge on any atom is 0.264 e. The average Bonchev–Trinajstić information content (AvgIpc) is 2.89. The van der Waals surface area contributed by atoms with Crippen LogP contribution < -0.4 is 9.62 Å². The van der Waals surface area contributed by atoms with E-state index in [0.717, 1.165) is 4.31 Å². The second kappa shape index (κ2) is 12.9. The van der Waals surface area contributed by atoms with E-state index >= 15 is 0 Å². The maximum absolute atomic E-state index is 14.0. The Morgan fingerprint density at radius 2 is 1.49 bits per heavy atom. The molecular weight excluding hydrogens is 557 g/mol. The highest BCUT2D eigenvalue weighted by molar-refractivity contribution is 7.92. The molecule has 39 heavy (non-hydrogen) atoms. The van der Waals surface area contributed by atoms with E-state index in [1.807, 2.05) is 20.8 Å². The fourth-order valence-electron chi connectivity index (χ4n) is 4.05. The summed E-state index contributed by atoms with van der Waals surface area (Å²) < 4.78 is 28.5. The minimum Gasteiger partial charge on any atom is -0.350 e. The van der Waals surface area contributed by atoms with Crippen LogP contribution in [0.25, 0.3) is 0 Å². The van der Waals surface area contributed by atoms with Crippen molar-refractivity contribution in [2.75, 3.05) is 10.8 Å². The maximum atomic E-state index is 14.0. The zero-order chi connectivity index (χ0) is 28.8. The van der Waals surface area contributed by atoms with Crippen molar-refractivity contribution in [2.24, 2.45) is 0 Å². The first kappa shape index (κ1) is 30.5. The van der Waals surface area contributed by atoms with E-state index in [-0.39, 0.29) is 17.3 Å². The molecule has 3 aromatic rings. The van der Waals surface area contributed by atoms with Crippen molar-refractivity contribution < 1.29 is 18.0 Å². The number of sulfonamides is 1. The molecule has 208 valence electrons. The Balaban J connectivity index is 2.05. The summed E-state index contributed by atoms with van der Waals surface area (Å²) in [5.41, 5.74) is 0.448. The number of rotatable bonds is 10. The molecule has 0 unspecified atom stereocenters. The third-order valence-electron chi connectivity index (χ3n) is 5.88. The summed E-state index contributed by atoms with van der Waals surface area (Å²) in [5, 5.41) is 3.61. The molecule has 3 aromatic carbocycles. The number of carbonyl (C=O) groups is 2. The van der Waals surface area contributed by atoms with Gasteiger partial charge in [-0.1, -0.05) is 72.6 Å². The molecule has 0 heterocycles. The van der Waals surface area contributed by atoms with Crippen LogP contribution in [0.2, 0.25) is 10.0 Å². The minimum atomic E-state index is -4.10. The van der Waals surface area contributed by atoms with Crippen LogP contribution >= 0.6 is 23.2 Å². The van der Waals surface area contributed by atoms with Crippen LogP contribution in [0, 0.1) is 0 Å². The van der Waals surface area contributed by atoms with Gasteiger partial charge in [-0.15, -0.1) is 0 Å². The summed E-state index contributed by atoms with van der Waals surface area (Å²) in [6.07, 6.45) is 0.311. The monoisotopic (exact) mass is 589 g/mol. The molecule has 0 aliphatic carbocycles. The number of hydrogen-bond acceptors (Lipinski definition) is 4. The molecule has 0 aromatic heterocycles. The highest BCUT2D eigenvalue weighted by Gasteiger charge is 2.34. The first-order valence-corrected chi connectivity index (χ1v) is 14.7. The van der Waals surface area contributed by atoms with Gasteiger partial charge in [0.1, 0.15) is 12.6 Å². The highest BCUT2D eigenvalue weighted by atomic mass is 35.5. The van der Waals surface area contributed by atoms with Gasteiger partial charge in [0.05, 0.1) is 20.6 Å². The van der Waals surface area contributed by atoms with Gasteiger partial charge in [0.2, 0.25) is 11.8 Å². The molecule has 0 spiro atoms. The van der Waals surface area contributed by atoms with Gasteiger partial charge in [-0.05, 0) is 69.2 Å². The Kier molecular flexibility index (Phi) is 10.0. The Morgan fingerprint density at radius 3 is 2.03 bits per heavy atom. The molecule has 7 nitrogen and oxygen atoms in total. The van der Waals surface area contributed by atoms with E-state index in [1.54, 1.807) is 73.7 Å². The molecule has 2 amide bonds. The number of nitrogens with zero attached hydrogens (tertiary/aromatic N) is 2. The topological polar surface area (TPSA) is 86.8 Å². The van der Waals surface area contributed by atoms with Crippen molar-refractivity contribution in [3.05, 3.63) is 94.5 Å². The first-order valence-electron chi connectivity index (χ1n) is 12.5. The summed E-state index contributed by atoms with van der Waals surface area (Å²) in [4.78, 5) is 28.8. The Hall–Kier alpha value is -3.07. The number of amides is 2. The van der Waals surface area contributed by atoms with E-state index in [9.17, 15) is 18.0 Å². The summed E-state index contributed by atoms with van der Waals surface area (Å²) >= 11 is 12.3. The number of para-hydroxylation sites is 1. The van der Waals surface area contributed by atoms with Crippen molar-refractivity contribution >= 4 is 50.7 Å². The molecule has 0 saturated heterocycles. The van der Waals surface area contributed by atoms with Crippen molar-refractivity contribution in [1.29, 1.82) is 0 Å². The Bertz CT molecular complexity index is 1400. The summed E-state index contributed by atoms with van der Waals surface area (Å²) in [6.45, 7) is 6.88. The second-order valence-corrected chi connectivity index (χ2v) is 12.8. The molecule has 0 aliphatic rings. The zero-order valence-electron chi connectivity index (χ0n) is 22.4. The molecule has 0 radical (unpaired) electrons. The normalized spacial score (nSPS) is 12.5. The summed E-state index contributed by atoms with van der Waals surface area (Å²) in [7, 11) is -4.10. The highest BCUT2D eigenvalue weighted by Crippen LogP contribution is 2.26. The molecule has 0 saturated carbocycles. The van der Waals surface area contributed by atoms with Gasteiger partial charge in [0.25, 0.3) is 10.0 Å². The summed E-state index contributed by atoms with van der Waals surface area (Å²) in [6, 6.07) is 20.5. The number of halogens is 2. The second-order valence-electron chi connectivity index (χ2n) is 10.1. The average molecular weight is 591 g/mol. The van der Waals surface area contributed by atoms with Gasteiger partial charge in [0.15, 0.2) is 0 Å². The first-order chi connectivity index (χ1) is 18.3. The smallest absolute Gasteiger partial charge is 0.264 e. The van der Waals surface area contributed by atoms with Crippen LogP contribution in [0.15, 0.2) is 83.8 Å². The summed E-state index contributed by atoms with van der Waals surface area (Å²) in [5.74, 6) is -0.879. The number of nitrogens with one attached hydrogen (secondary N) is 1. The predicted molar refractivity (Wildman–Crippen MR) is 156 cm³/mol. The number of anilines is 1. The molecule has 0 fully saturated rings. The molecule has 3 rings (SSSR count). The van der Waals surface area contributed by atoms with Crippen molar-refractivity contribution in [2.45, 2.75) is 57.1 Å². The minimum absolute atomic E-state index is 0.0276. The molecule has 10 heteroatoms. The van der Waals surface area contributed by atoms with Crippen LogP contribution in [0.5, 0.6) is 0 Å². The number of benzene rings is 3. The zero-order valence-corrected chi connectivity index (χ0v) is 24.7. The lowest BCUT2D eigenvalue weighted by Gasteiger charge is -2.34. The van der Waals surface area contributed by atoms with Gasteiger partial charge in [0, 0.05) is 12.1 Å². The predicted octanol–water partition coefficient (Wildman–Crippen LogP) is 5.91. The quantitative estimate of drug-likeness (QED) is 0.318. The molecule has 0 aliphatic heterocycles. The lowest BCUT2D eigenvalue weighted by molar-refractivity contribution is -0.141. The number of carbonyl (C=O) groups excluding carboxylic acids is 2. The molecule has 1 atom stereocenters. The lowest BCUT2D eigenvalue weighted by atomic mass is 10.1. The molecular formula is C29H33Cl2N3O4S. The third-order valence-corrected chi connectivity index (χ3v) is 8.40. The lowest BCUT2D eigenvalue weighted by Crippen LogP contribution is -2.55. The van der Waals surface area contributed by atoms with E-state index in [2.05, 4.69) is 5.32 Å². The van der Waals surface area contributed by atoms with Crippen LogP contribution in [0.3, 0.4) is 0 Å². The van der Waals surface area contributed by atoms with Gasteiger partial charge in [-0.2, -0.15) is 0 Å². The largest absolute Gasteiger partial charge is 0.350 e. The van der Waals surface area contributed by atoms with E-state index in [0.29, 0.717) is 27.7 Å². The van der Waals surface area contributed by atoms with Crippen molar-refractivity contribution in [3.63, 3.8) is 0 Å². The van der Waals surface area contributed by atoms with Gasteiger partial charge in [-0.25, -0.2) is 8.42 Å². The molecule has 1 N–H and O–H groups in total. The molecule has 0 bridgehead atoms. The van der Waals surface area contributed by atoms with Crippen LogP contribution in [0.4, 0.5) is 5.69 Å².